The lowest BCUT2D eigenvalue weighted by Crippen LogP contribution is -2.15. The highest BCUT2D eigenvalue weighted by Crippen LogP contribution is 2.41. The lowest BCUT2D eigenvalue weighted by atomic mass is 9.82. The minimum atomic E-state index is -4.41. The Kier molecular flexibility index (Phi) is 3.00. The van der Waals surface area contributed by atoms with Gasteiger partial charge in [-0.2, -0.15) is 13.2 Å². The molecule has 0 heterocycles. The van der Waals surface area contributed by atoms with Crippen LogP contribution in [0, 0.1) is 0 Å². The molecule has 1 N–H and O–H groups in total. The number of phenols is 1. The second kappa shape index (κ2) is 4.15. The number of phenolic OH excluding ortho intramolecular Hbond substituents is 1. The van der Waals surface area contributed by atoms with Gasteiger partial charge in [0, 0.05) is 0 Å². The summed E-state index contributed by atoms with van der Waals surface area (Å²) in [6.45, 7) is 5.48. The van der Waals surface area contributed by atoms with Gasteiger partial charge in [-0.3, -0.25) is 0 Å². The van der Waals surface area contributed by atoms with Crippen molar-refractivity contribution < 1.29 is 18.3 Å². The Balaban J connectivity index is 2.95. The first-order chi connectivity index (χ1) is 8.60. The summed E-state index contributed by atoms with van der Waals surface area (Å²) in [6.07, 6.45) is -4.41. The second-order valence-electron chi connectivity index (χ2n) is 5.64. The zero-order chi connectivity index (χ0) is 14.4. The van der Waals surface area contributed by atoms with Crippen molar-refractivity contribution in [1.82, 2.24) is 0 Å². The number of aromatic hydroxyl groups is 1. The Morgan fingerprint density at radius 1 is 0.947 bits per heavy atom. The molecule has 1 nitrogen and oxygen atoms in total. The Bertz CT molecular complexity index is 622. The molecule has 4 heteroatoms. The SMILES string of the molecule is CC(C)(C)c1cc(O)cc2cccc(C(F)(F)F)c12. The van der Waals surface area contributed by atoms with E-state index in [0.29, 0.717) is 10.9 Å². The first-order valence-corrected chi connectivity index (χ1v) is 5.94. The molecule has 0 bridgehead atoms. The van der Waals surface area contributed by atoms with Crippen molar-refractivity contribution in [2.75, 3.05) is 0 Å². The number of alkyl halides is 3. The quantitative estimate of drug-likeness (QED) is 0.723. The van der Waals surface area contributed by atoms with Crippen LogP contribution in [0.3, 0.4) is 0 Å². The summed E-state index contributed by atoms with van der Waals surface area (Å²) in [6, 6.07) is 6.79. The van der Waals surface area contributed by atoms with Gasteiger partial charge in [-0.15, -0.1) is 0 Å². The van der Waals surface area contributed by atoms with Gasteiger partial charge in [0.05, 0.1) is 5.56 Å². The maximum absolute atomic E-state index is 13.1. The van der Waals surface area contributed by atoms with Crippen LogP contribution >= 0.6 is 0 Å². The Labute approximate surface area is 109 Å². The van der Waals surface area contributed by atoms with Gasteiger partial charge < -0.3 is 5.11 Å². The van der Waals surface area contributed by atoms with Crippen LogP contribution in [0.2, 0.25) is 0 Å². The first kappa shape index (κ1) is 13.7. The number of hydrogen-bond donors (Lipinski definition) is 1. The zero-order valence-corrected chi connectivity index (χ0v) is 11.0. The maximum Gasteiger partial charge on any atom is 0.417 e. The van der Waals surface area contributed by atoms with E-state index in [1.165, 1.54) is 18.2 Å². The predicted octanol–water partition coefficient (Wildman–Crippen LogP) is 4.86. The minimum Gasteiger partial charge on any atom is -0.508 e. The van der Waals surface area contributed by atoms with Crippen LogP contribution in [-0.2, 0) is 11.6 Å². The molecular formula is C15H15F3O. The lowest BCUT2D eigenvalue weighted by Gasteiger charge is -2.24. The van der Waals surface area contributed by atoms with E-state index in [2.05, 4.69) is 0 Å². The summed E-state index contributed by atoms with van der Waals surface area (Å²) in [5.74, 6) is -0.0169. The average Bonchev–Trinajstić information content (AvgIpc) is 2.24. The molecule has 2 aromatic rings. The van der Waals surface area contributed by atoms with Crippen molar-refractivity contribution in [3.63, 3.8) is 0 Å². The van der Waals surface area contributed by atoms with E-state index in [1.807, 2.05) is 20.8 Å². The highest BCUT2D eigenvalue weighted by Gasteiger charge is 2.34. The fourth-order valence-corrected chi connectivity index (χ4v) is 2.24. The molecule has 0 fully saturated rings. The Morgan fingerprint density at radius 3 is 2.11 bits per heavy atom. The molecule has 0 saturated carbocycles. The van der Waals surface area contributed by atoms with E-state index in [4.69, 9.17) is 0 Å². The van der Waals surface area contributed by atoms with Crippen LogP contribution in [0.15, 0.2) is 30.3 Å². The monoisotopic (exact) mass is 268 g/mol. The molecule has 0 aliphatic carbocycles. The summed E-state index contributed by atoms with van der Waals surface area (Å²) < 4.78 is 39.4. The Morgan fingerprint density at radius 2 is 1.58 bits per heavy atom. The molecular weight excluding hydrogens is 253 g/mol. The number of benzene rings is 2. The molecule has 0 spiro atoms. The fraction of sp³-hybridized carbons (Fsp3) is 0.333. The molecule has 19 heavy (non-hydrogen) atoms. The van der Waals surface area contributed by atoms with E-state index in [-0.39, 0.29) is 11.1 Å². The molecule has 2 rings (SSSR count). The van der Waals surface area contributed by atoms with Gasteiger partial charge in [0.15, 0.2) is 0 Å². The third-order valence-electron chi connectivity index (χ3n) is 3.08. The molecule has 2 aromatic carbocycles. The van der Waals surface area contributed by atoms with Crippen molar-refractivity contribution in [1.29, 1.82) is 0 Å². The van der Waals surface area contributed by atoms with Crippen molar-refractivity contribution in [3.8, 4) is 5.75 Å². The second-order valence-corrected chi connectivity index (χ2v) is 5.64. The van der Waals surface area contributed by atoms with Crippen LogP contribution in [0.1, 0.15) is 31.9 Å². The van der Waals surface area contributed by atoms with Crippen LogP contribution < -0.4 is 0 Å². The zero-order valence-electron chi connectivity index (χ0n) is 11.0. The highest BCUT2D eigenvalue weighted by molar-refractivity contribution is 5.91. The summed E-state index contributed by atoms with van der Waals surface area (Å²) in [4.78, 5) is 0. The number of halogens is 3. The van der Waals surface area contributed by atoms with Gasteiger partial charge in [-0.25, -0.2) is 0 Å². The number of hydrogen-bond acceptors (Lipinski definition) is 1. The molecule has 0 aliphatic rings. The average molecular weight is 268 g/mol. The lowest BCUT2D eigenvalue weighted by molar-refractivity contribution is -0.136. The van der Waals surface area contributed by atoms with E-state index >= 15 is 0 Å². The third kappa shape index (κ3) is 2.53. The summed E-state index contributed by atoms with van der Waals surface area (Å²) in [7, 11) is 0. The normalized spacial score (nSPS) is 12.9. The molecule has 0 amide bonds. The van der Waals surface area contributed by atoms with Crippen molar-refractivity contribution in [2.24, 2.45) is 0 Å². The number of fused-ring (bicyclic) bond motifs is 1. The van der Waals surface area contributed by atoms with E-state index in [9.17, 15) is 18.3 Å². The highest BCUT2D eigenvalue weighted by atomic mass is 19.4. The van der Waals surface area contributed by atoms with Crippen molar-refractivity contribution in [3.05, 3.63) is 41.5 Å². The maximum atomic E-state index is 13.1. The molecule has 102 valence electrons. The van der Waals surface area contributed by atoms with E-state index in [0.717, 1.165) is 6.07 Å². The largest absolute Gasteiger partial charge is 0.508 e. The predicted molar refractivity (Wildman–Crippen MR) is 69.3 cm³/mol. The first-order valence-electron chi connectivity index (χ1n) is 5.94. The third-order valence-corrected chi connectivity index (χ3v) is 3.08. The van der Waals surface area contributed by atoms with Gasteiger partial charge in [-0.05, 0) is 39.9 Å². The molecule has 0 atom stereocenters. The molecule has 0 aromatic heterocycles. The smallest absolute Gasteiger partial charge is 0.417 e. The summed E-state index contributed by atoms with van der Waals surface area (Å²) in [5, 5.41) is 10.3. The van der Waals surface area contributed by atoms with Crippen LogP contribution in [0.5, 0.6) is 5.75 Å². The van der Waals surface area contributed by atoms with E-state index < -0.39 is 17.2 Å². The van der Waals surface area contributed by atoms with Crippen molar-refractivity contribution >= 4 is 10.8 Å². The van der Waals surface area contributed by atoms with Crippen molar-refractivity contribution in [2.45, 2.75) is 32.4 Å². The van der Waals surface area contributed by atoms with Crippen LogP contribution in [0.4, 0.5) is 13.2 Å². The van der Waals surface area contributed by atoms with Gasteiger partial charge in [0.2, 0.25) is 0 Å². The molecule has 0 unspecified atom stereocenters. The molecule has 0 radical (unpaired) electrons. The number of rotatable bonds is 0. The summed E-state index contributed by atoms with van der Waals surface area (Å²) in [5.41, 5.74) is -0.649. The van der Waals surface area contributed by atoms with Crippen LogP contribution in [-0.4, -0.2) is 5.11 Å². The van der Waals surface area contributed by atoms with Crippen LogP contribution in [0.25, 0.3) is 10.8 Å². The molecule has 0 aliphatic heterocycles. The summed E-state index contributed by atoms with van der Waals surface area (Å²) >= 11 is 0. The Hall–Kier alpha value is -1.71. The topological polar surface area (TPSA) is 20.2 Å². The van der Waals surface area contributed by atoms with Gasteiger partial charge in [-0.1, -0.05) is 32.9 Å². The standard InChI is InChI=1S/C15H15F3O/c1-14(2,3)12-8-10(19)7-9-5-4-6-11(13(9)12)15(16,17)18/h4-8,19H,1-3H3. The molecule has 0 saturated heterocycles. The fourth-order valence-electron chi connectivity index (χ4n) is 2.24. The van der Waals surface area contributed by atoms with Gasteiger partial charge in [0.25, 0.3) is 0 Å². The van der Waals surface area contributed by atoms with Gasteiger partial charge >= 0.3 is 6.18 Å². The minimum absolute atomic E-state index is 0.0169. The van der Waals surface area contributed by atoms with Gasteiger partial charge in [0.1, 0.15) is 5.75 Å². The van der Waals surface area contributed by atoms with E-state index in [1.54, 1.807) is 6.07 Å².